The maximum Gasteiger partial charge on any atom is 0.183 e. The Morgan fingerprint density at radius 2 is 0.719 bits per heavy atom. The van der Waals surface area contributed by atoms with Crippen molar-refractivity contribution in [1.82, 2.24) is 0 Å². The van der Waals surface area contributed by atoms with Gasteiger partial charge in [-0.3, -0.25) is 0 Å². The van der Waals surface area contributed by atoms with Crippen LogP contribution in [0, 0.1) is 0 Å². The van der Waals surface area contributed by atoms with Gasteiger partial charge in [-0.2, -0.15) is 10.2 Å². The summed E-state index contributed by atoms with van der Waals surface area (Å²) in [5.41, 5.74) is 3.91. The Morgan fingerprint density at radius 3 is 1.03 bits per heavy atom. The number of halogens is 2. The Hall–Kier alpha value is -2.94. The number of hydrogen-bond acceptors (Lipinski definition) is 2. The molecule has 0 aromatic heterocycles. The molecular weight excluding hydrogens is 435 g/mol. The topological polar surface area (TPSA) is 24.7 Å². The van der Waals surface area contributed by atoms with Crippen LogP contribution in [0.4, 0.5) is 0 Å². The summed E-state index contributed by atoms with van der Waals surface area (Å²) in [6.07, 6.45) is 0.992. The second-order valence-electron chi connectivity index (χ2n) is 7.78. The van der Waals surface area contributed by atoms with E-state index in [9.17, 15) is 0 Å². The minimum atomic E-state index is -1.08. The third-order valence-corrected chi connectivity index (χ3v) is 6.22. The van der Waals surface area contributed by atoms with Gasteiger partial charge in [-0.05, 0) is 22.3 Å². The molecule has 4 rings (SSSR count). The number of rotatable bonds is 8. The fourth-order valence-corrected chi connectivity index (χ4v) is 4.30. The van der Waals surface area contributed by atoms with Crippen LogP contribution < -0.4 is 0 Å². The summed E-state index contributed by atoms with van der Waals surface area (Å²) in [4.78, 5) is -2.15. The molecule has 0 N–H and O–H groups in total. The largest absolute Gasteiger partial charge is 0.183 e. The molecule has 4 aromatic rings. The minimum Gasteiger partial charge on any atom is -0.164 e. The highest BCUT2D eigenvalue weighted by atomic mass is 35.5. The van der Waals surface area contributed by atoms with Crippen LogP contribution in [0.2, 0.25) is 0 Å². The average Bonchev–Trinajstić information content (AvgIpc) is 2.85. The Balaban J connectivity index is 1.75. The van der Waals surface area contributed by atoms with Crippen LogP contribution in [-0.4, -0.2) is 0 Å². The van der Waals surface area contributed by atoms with Crippen LogP contribution in [0.15, 0.2) is 132 Å². The summed E-state index contributed by atoms with van der Waals surface area (Å²) in [7, 11) is 0. The second kappa shape index (κ2) is 10.1. The zero-order valence-electron chi connectivity index (χ0n) is 17.6. The quantitative estimate of drug-likeness (QED) is 0.144. The molecule has 0 saturated heterocycles. The van der Waals surface area contributed by atoms with Crippen molar-refractivity contribution in [2.24, 2.45) is 10.2 Å². The maximum atomic E-state index is 7.18. The van der Waals surface area contributed by atoms with E-state index in [1.807, 2.05) is 121 Å². The summed E-state index contributed by atoms with van der Waals surface area (Å²) in [5.74, 6) is 0. The van der Waals surface area contributed by atoms with Gasteiger partial charge in [0, 0.05) is 12.8 Å². The molecule has 0 heterocycles. The first kappa shape index (κ1) is 22.3. The Bertz CT molecular complexity index is 1040. The predicted molar refractivity (Wildman–Crippen MR) is 133 cm³/mol. The fraction of sp³-hybridized carbons (Fsp3) is 0.143. The van der Waals surface area contributed by atoms with E-state index in [4.69, 9.17) is 33.4 Å². The van der Waals surface area contributed by atoms with Gasteiger partial charge >= 0.3 is 0 Å². The monoisotopic (exact) mass is 458 g/mol. The predicted octanol–water partition coefficient (Wildman–Crippen LogP) is 8.11. The van der Waals surface area contributed by atoms with Crippen molar-refractivity contribution in [2.45, 2.75) is 22.8 Å². The van der Waals surface area contributed by atoms with Crippen molar-refractivity contribution in [2.75, 3.05) is 0 Å². The molecule has 4 heteroatoms. The molecule has 2 unspecified atom stereocenters. The molecule has 0 bridgehead atoms. The van der Waals surface area contributed by atoms with E-state index in [1.165, 1.54) is 0 Å². The fourth-order valence-electron chi connectivity index (χ4n) is 3.67. The molecule has 0 aliphatic rings. The maximum absolute atomic E-state index is 7.18. The van der Waals surface area contributed by atoms with E-state index in [-0.39, 0.29) is 0 Å². The summed E-state index contributed by atoms with van der Waals surface area (Å²) in [6, 6.07) is 39.8. The van der Waals surface area contributed by atoms with Crippen LogP contribution in [0.25, 0.3) is 0 Å². The van der Waals surface area contributed by atoms with Crippen LogP contribution >= 0.6 is 23.2 Å². The highest BCUT2D eigenvalue weighted by Crippen LogP contribution is 2.40. The minimum absolute atomic E-state index is 0.496. The highest BCUT2D eigenvalue weighted by Gasteiger charge is 2.35. The number of alkyl halides is 2. The zero-order chi connectivity index (χ0) is 22.3. The number of benzene rings is 4. The first-order valence-corrected chi connectivity index (χ1v) is 11.3. The van der Waals surface area contributed by atoms with E-state index in [0.29, 0.717) is 12.8 Å². The molecule has 0 aliphatic heterocycles. The van der Waals surface area contributed by atoms with Crippen LogP contribution in [-0.2, 0) is 22.8 Å². The van der Waals surface area contributed by atoms with Gasteiger partial charge in [-0.15, -0.1) is 0 Å². The third kappa shape index (κ3) is 5.45. The van der Waals surface area contributed by atoms with E-state index >= 15 is 0 Å². The van der Waals surface area contributed by atoms with E-state index in [2.05, 4.69) is 0 Å². The van der Waals surface area contributed by atoms with Crippen molar-refractivity contribution >= 4 is 23.2 Å². The summed E-state index contributed by atoms with van der Waals surface area (Å²) < 4.78 is 0. The first-order valence-electron chi connectivity index (χ1n) is 10.6. The van der Waals surface area contributed by atoms with Crippen molar-refractivity contribution < 1.29 is 0 Å². The summed E-state index contributed by atoms with van der Waals surface area (Å²) in [6.45, 7) is 0. The van der Waals surface area contributed by atoms with E-state index < -0.39 is 10.00 Å². The van der Waals surface area contributed by atoms with Crippen LogP contribution in [0.1, 0.15) is 22.3 Å². The lowest BCUT2D eigenvalue weighted by Gasteiger charge is -2.27. The van der Waals surface area contributed by atoms with Gasteiger partial charge in [0.15, 0.2) is 10.00 Å². The van der Waals surface area contributed by atoms with Crippen molar-refractivity contribution in [3.05, 3.63) is 144 Å². The first-order chi connectivity index (χ1) is 15.6. The molecule has 32 heavy (non-hydrogen) atoms. The summed E-state index contributed by atoms with van der Waals surface area (Å²) in [5, 5.41) is 9.45. The highest BCUT2D eigenvalue weighted by molar-refractivity contribution is 6.24. The smallest absolute Gasteiger partial charge is 0.164 e. The molecule has 2 nitrogen and oxygen atoms in total. The lowest BCUT2D eigenvalue weighted by Crippen LogP contribution is -2.23. The van der Waals surface area contributed by atoms with E-state index in [0.717, 1.165) is 22.3 Å². The van der Waals surface area contributed by atoms with Crippen LogP contribution in [0.5, 0.6) is 0 Å². The molecule has 0 aliphatic carbocycles. The van der Waals surface area contributed by atoms with Gasteiger partial charge in [-0.1, -0.05) is 145 Å². The van der Waals surface area contributed by atoms with Crippen molar-refractivity contribution in [3.63, 3.8) is 0 Å². The van der Waals surface area contributed by atoms with Crippen LogP contribution in [0.3, 0.4) is 0 Å². The summed E-state index contributed by atoms with van der Waals surface area (Å²) >= 11 is 14.4. The lowest BCUT2D eigenvalue weighted by atomic mass is 9.98. The van der Waals surface area contributed by atoms with Gasteiger partial charge in [0.1, 0.15) is 0 Å². The van der Waals surface area contributed by atoms with Gasteiger partial charge in [0.2, 0.25) is 0 Å². The van der Waals surface area contributed by atoms with Crippen molar-refractivity contribution in [3.8, 4) is 0 Å². The third-order valence-electron chi connectivity index (χ3n) is 5.36. The lowest BCUT2D eigenvalue weighted by molar-refractivity contribution is 0.517. The molecule has 160 valence electrons. The SMILES string of the molecule is ClC(Cc1ccccc1)(/N=N/C(Cl)(Cc1ccccc1)c1ccccc1)c1ccccc1. The molecule has 4 aromatic carbocycles. The molecule has 0 radical (unpaired) electrons. The Labute approximate surface area is 199 Å². The molecule has 0 saturated carbocycles. The zero-order valence-corrected chi connectivity index (χ0v) is 19.1. The van der Waals surface area contributed by atoms with Crippen molar-refractivity contribution in [1.29, 1.82) is 0 Å². The average molecular weight is 459 g/mol. The second-order valence-corrected chi connectivity index (χ2v) is 9.03. The number of nitrogens with zero attached hydrogens (tertiary/aromatic N) is 2. The number of azo groups is 1. The molecule has 2 atom stereocenters. The molecule has 0 fully saturated rings. The van der Waals surface area contributed by atoms with Gasteiger partial charge in [-0.25, -0.2) is 0 Å². The molecular formula is C28H24Cl2N2. The Morgan fingerprint density at radius 1 is 0.438 bits per heavy atom. The van der Waals surface area contributed by atoms with E-state index in [1.54, 1.807) is 0 Å². The Kier molecular flexibility index (Phi) is 7.04. The van der Waals surface area contributed by atoms with Gasteiger partial charge < -0.3 is 0 Å². The molecule has 0 amide bonds. The number of hydrogen-bond donors (Lipinski definition) is 0. The van der Waals surface area contributed by atoms with Gasteiger partial charge in [0.25, 0.3) is 0 Å². The van der Waals surface area contributed by atoms with Gasteiger partial charge in [0.05, 0.1) is 0 Å². The normalized spacial score (nSPS) is 15.2. The molecule has 0 spiro atoms. The standard InChI is InChI=1S/C28H24Cl2N2/c29-27(25-17-9-3-10-18-25,21-23-13-5-1-6-14-23)31-32-28(30,26-19-11-4-12-20-26)22-24-15-7-2-8-16-24/h1-20H,21-22H2/b32-31+.